The molecule has 2 aromatic carbocycles. The van der Waals surface area contributed by atoms with Gasteiger partial charge in [0, 0.05) is 24.7 Å². The Hall–Kier alpha value is -2.46. The number of nitrogens with zero attached hydrogens (tertiary/aromatic N) is 3. The van der Waals surface area contributed by atoms with Gasteiger partial charge in [0.15, 0.2) is 4.80 Å². The number of thiazole rings is 1. The summed E-state index contributed by atoms with van der Waals surface area (Å²) in [5.74, 6) is -0.0576. The van der Waals surface area contributed by atoms with Crippen molar-refractivity contribution in [3.63, 3.8) is 0 Å². The highest BCUT2D eigenvalue weighted by Crippen LogP contribution is 2.26. The largest absolute Gasteiger partial charge is 0.494 e. The number of carbonyl (C=O) groups excluding carboxylic acids is 1. The fraction of sp³-hybridized carbons (Fsp3) is 0.333. The number of hydrogen-bond acceptors (Lipinski definition) is 5. The van der Waals surface area contributed by atoms with Gasteiger partial charge < -0.3 is 9.30 Å². The van der Waals surface area contributed by atoms with Crippen molar-refractivity contribution in [1.29, 1.82) is 0 Å². The molecule has 0 spiro atoms. The van der Waals surface area contributed by atoms with Gasteiger partial charge in [-0.1, -0.05) is 29.0 Å². The molecule has 1 atom stereocenters. The smallest absolute Gasteiger partial charge is 0.252 e. The van der Waals surface area contributed by atoms with Crippen LogP contribution in [-0.2, 0) is 21.4 Å². The zero-order valence-electron chi connectivity index (χ0n) is 18.8. The van der Waals surface area contributed by atoms with E-state index in [0.29, 0.717) is 42.4 Å². The number of sulfonamides is 1. The second-order valence-corrected chi connectivity index (χ2v) is 11.3. The van der Waals surface area contributed by atoms with Crippen molar-refractivity contribution < 1.29 is 17.9 Å². The number of fused-ring (bicyclic) bond motifs is 1. The van der Waals surface area contributed by atoms with Crippen molar-refractivity contribution in [3.8, 4) is 5.75 Å². The Morgan fingerprint density at radius 1 is 1.29 bits per heavy atom. The second-order valence-electron chi connectivity index (χ2n) is 7.95. The van der Waals surface area contributed by atoms with Crippen LogP contribution in [0.1, 0.15) is 19.8 Å². The minimum Gasteiger partial charge on any atom is -0.494 e. The minimum atomic E-state index is -3.71. The summed E-state index contributed by atoms with van der Waals surface area (Å²) in [6, 6.07) is 11.8. The van der Waals surface area contributed by atoms with E-state index in [9.17, 15) is 13.2 Å². The van der Waals surface area contributed by atoms with Gasteiger partial charge in [0.25, 0.3) is 5.91 Å². The topological polar surface area (TPSA) is 81.0 Å². The quantitative estimate of drug-likeness (QED) is 0.431. The first kappa shape index (κ1) is 24.7. The van der Waals surface area contributed by atoms with Crippen LogP contribution in [0.4, 0.5) is 0 Å². The van der Waals surface area contributed by atoms with E-state index < -0.39 is 15.9 Å². The summed E-state index contributed by atoms with van der Waals surface area (Å²) in [4.78, 5) is 18.3. The van der Waals surface area contributed by atoms with E-state index in [1.807, 2.05) is 29.7 Å². The minimum absolute atomic E-state index is 0.105. The monoisotopic (exact) mass is 519 g/mol. The van der Waals surface area contributed by atoms with Crippen LogP contribution in [0.2, 0.25) is 5.02 Å². The summed E-state index contributed by atoms with van der Waals surface area (Å²) < 4.78 is 36.0. The number of halogens is 1. The molecule has 1 saturated heterocycles. The third-order valence-corrected chi connectivity index (χ3v) is 8.84. The molecule has 10 heteroatoms. The van der Waals surface area contributed by atoms with Crippen LogP contribution in [0.15, 0.2) is 65.0 Å². The average molecular weight is 520 g/mol. The van der Waals surface area contributed by atoms with E-state index in [1.54, 1.807) is 18.2 Å². The normalized spacial score (nSPS) is 17.7. The fourth-order valence-electron chi connectivity index (χ4n) is 4.00. The molecule has 34 heavy (non-hydrogen) atoms. The number of rotatable bonds is 7. The number of hydrogen-bond donors (Lipinski definition) is 0. The molecule has 0 bridgehead atoms. The lowest BCUT2D eigenvalue weighted by atomic mass is 9.99. The molecular weight excluding hydrogens is 494 g/mol. The lowest BCUT2D eigenvalue weighted by Gasteiger charge is -2.30. The molecule has 1 aliphatic heterocycles. The number of allylic oxidation sites excluding steroid dienone is 1. The van der Waals surface area contributed by atoms with Gasteiger partial charge in [0.05, 0.1) is 27.6 Å². The van der Waals surface area contributed by atoms with Gasteiger partial charge in [-0.2, -0.15) is 9.30 Å². The van der Waals surface area contributed by atoms with Crippen molar-refractivity contribution in [2.75, 3.05) is 19.7 Å². The van der Waals surface area contributed by atoms with Gasteiger partial charge in [-0.25, -0.2) is 8.42 Å². The first-order chi connectivity index (χ1) is 16.3. The highest BCUT2D eigenvalue weighted by atomic mass is 35.5. The van der Waals surface area contributed by atoms with Crippen LogP contribution >= 0.6 is 22.9 Å². The van der Waals surface area contributed by atoms with Crippen LogP contribution in [0.25, 0.3) is 10.2 Å². The molecule has 1 fully saturated rings. The highest BCUT2D eigenvalue weighted by molar-refractivity contribution is 7.89. The fourth-order valence-corrected chi connectivity index (χ4v) is 6.73. The van der Waals surface area contributed by atoms with E-state index >= 15 is 0 Å². The van der Waals surface area contributed by atoms with E-state index in [-0.39, 0.29) is 17.3 Å². The van der Waals surface area contributed by atoms with Gasteiger partial charge in [0.2, 0.25) is 10.0 Å². The first-order valence-corrected chi connectivity index (χ1v) is 13.7. The Morgan fingerprint density at radius 3 is 2.76 bits per heavy atom. The number of ether oxygens (including phenoxy) is 1. The summed E-state index contributed by atoms with van der Waals surface area (Å²) in [7, 11) is -3.71. The Kier molecular flexibility index (Phi) is 7.57. The lowest BCUT2D eigenvalue weighted by Crippen LogP contribution is -2.42. The Balaban J connectivity index is 1.62. The molecule has 0 saturated carbocycles. The maximum absolute atomic E-state index is 13.2. The molecule has 3 aromatic rings. The Bertz CT molecular complexity index is 1380. The van der Waals surface area contributed by atoms with Crippen molar-refractivity contribution in [2.24, 2.45) is 10.9 Å². The number of amides is 1. The second kappa shape index (κ2) is 10.4. The maximum Gasteiger partial charge on any atom is 0.252 e. The first-order valence-electron chi connectivity index (χ1n) is 11.0. The predicted molar refractivity (Wildman–Crippen MR) is 135 cm³/mol. The van der Waals surface area contributed by atoms with Crippen molar-refractivity contribution in [1.82, 2.24) is 8.87 Å². The molecule has 1 aliphatic rings. The molecule has 0 radical (unpaired) electrons. The van der Waals surface area contributed by atoms with E-state index in [4.69, 9.17) is 16.3 Å². The molecule has 180 valence electrons. The number of aromatic nitrogens is 1. The highest BCUT2D eigenvalue weighted by Gasteiger charge is 2.33. The standard InChI is InChI=1S/C24H26ClN3O4S2/c1-3-13-28-21-12-9-19(32-4-2)15-22(21)33-24(28)26-23(29)17-6-5-14-27(16-17)34(30,31)20-10-7-18(25)8-11-20/h3,7-12,15,17H,1,4-6,13-14,16H2,2H3. The maximum atomic E-state index is 13.2. The van der Waals surface area contributed by atoms with Crippen molar-refractivity contribution in [3.05, 3.63) is 64.9 Å². The lowest BCUT2D eigenvalue weighted by molar-refractivity contribution is -0.122. The summed E-state index contributed by atoms with van der Waals surface area (Å²) in [5.41, 5.74) is 0.940. The van der Waals surface area contributed by atoms with Crippen molar-refractivity contribution in [2.45, 2.75) is 31.2 Å². The van der Waals surface area contributed by atoms with Crippen LogP contribution in [0.5, 0.6) is 5.75 Å². The van der Waals surface area contributed by atoms with Crippen LogP contribution in [0, 0.1) is 5.92 Å². The number of carbonyl (C=O) groups is 1. The van der Waals surface area contributed by atoms with Gasteiger partial charge in [-0.3, -0.25) is 4.79 Å². The molecule has 4 rings (SSSR count). The number of piperidine rings is 1. The molecule has 0 N–H and O–H groups in total. The van der Waals surface area contributed by atoms with E-state index in [2.05, 4.69) is 11.6 Å². The summed E-state index contributed by atoms with van der Waals surface area (Å²) in [6.45, 7) is 7.29. The molecule has 1 amide bonds. The summed E-state index contributed by atoms with van der Waals surface area (Å²) in [6.07, 6.45) is 2.94. The van der Waals surface area contributed by atoms with E-state index in [0.717, 1.165) is 16.0 Å². The molecule has 2 heterocycles. The summed E-state index contributed by atoms with van der Waals surface area (Å²) >= 11 is 7.30. The zero-order valence-corrected chi connectivity index (χ0v) is 21.2. The van der Waals surface area contributed by atoms with Gasteiger partial charge >= 0.3 is 0 Å². The zero-order chi connectivity index (χ0) is 24.3. The van der Waals surface area contributed by atoms with Gasteiger partial charge in [-0.05, 0) is 62.2 Å². The predicted octanol–water partition coefficient (Wildman–Crippen LogP) is 4.47. The molecule has 0 aliphatic carbocycles. The Labute approximate surface area is 208 Å². The Morgan fingerprint density at radius 2 is 2.06 bits per heavy atom. The third-order valence-electron chi connectivity index (χ3n) is 5.67. The molecule has 7 nitrogen and oxygen atoms in total. The van der Waals surface area contributed by atoms with Crippen molar-refractivity contribution >= 4 is 49.1 Å². The molecule has 1 aromatic heterocycles. The van der Waals surface area contributed by atoms with Gasteiger partial charge in [-0.15, -0.1) is 6.58 Å². The van der Waals surface area contributed by atoms with Crippen LogP contribution in [0.3, 0.4) is 0 Å². The SMILES string of the molecule is C=CCn1c(=NC(=O)C2CCCN(S(=O)(=O)c3ccc(Cl)cc3)C2)sc2cc(OCC)ccc21. The average Bonchev–Trinajstić information content (AvgIpc) is 3.16. The van der Waals surface area contributed by atoms with E-state index in [1.165, 1.54) is 27.8 Å². The van der Waals surface area contributed by atoms with Crippen LogP contribution < -0.4 is 9.54 Å². The molecular formula is C24H26ClN3O4S2. The third kappa shape index (κ3) is 5.12. The molecule has 1 unspecified atom stereocenters. The number of benzene rings is 2. The van der Waals surface area contributed by atoms with Gasteiger partial charge in [0.1, 0.15) is 5.75 Å². The van der Waals surface area contributed by atoms with Crippen LogP contribution in [-0.4, -0.2) is 42.9 Å². The summed E-state index contributed by atoms with van der Waals surface area (Å²) in [5, 5.41) is 0.467.